The fourth-order valence-electron chi connectivity index (χ4n) is 1.41. The Balaban J connectivity index is 3.33. The summed E-state index contributed by atoms with van der Waals surface area (Å²) in [6.07, 6.45) is -6.01. The van der Waals surface area contributed by atoms with Gasteiger partial charge in [-0.3, -0.25) is 4.79 Å². The first kappa shape index (κ1) is 16.5. The lowest BCUT2D eigenvalue weighted by atomic mass is 10.1. The van der Waals surface area contributed by atoms with E-state index >= 15 is 0 Å². The molecule has 0 aliphatic rings. The zero-order chi connectivity index (χ0) is 16.2. The van der Waals surface area contributed by atoms with Crippen LogP contribution in [0.4, 0.5) is 22.0 Å². The van der Waals surface area contributed by atoms with E-state index in [1.54, 1.807) is 0 Å². The SMILES string of the molecule is N#Cc1cc(OC(F)F)c(CC(=O)O)cc1OC(F)(F)F. The lowest BCUT2D eigenvalue weighted by Gasteiger charge is -2.14. The maximum atomic E-state index is 12.2. The molecule has 0 saturated carbocycles. The van der Waals surface area contributed by atoms with Crippen LogP contribution in [0, 0.1) is 11.3 Å². The number of ether oxygens (including phenoxy) is 2. The summed E-state index contributed by atoms with van der Waals surface area (Å²) in [6.45, 7) is -3.33. The highest BCUT2D eigenvalue weighted by atomic mass is 19.4. The quantitative estimate of drug-likeness (QED) is 0.846. The van der Waals surface area contributed by atoms with Gasteiger partial charge in [0, 0.05) is 11.6 Å². The van der Waals surface area contributed by atoms with Gasteiger partial charge in [-0.15, -0.1) is 13.2 Å². The molecule has 0 aromatic heterocycles. The van der Waals surface area contributed by atoms with E-state index in [9.17, 15) is 26.7 Å². The van der Waals surface area contributed by atoms with Gasteiger partial charge in [0.1, 0.15) is 17.6 Å². The average Bonchev–Trinajstić information content (AvgIpc) is 2.29. The van der Waals surface area contributed by atoms with Crippen molar-refractivity contribution < 1.29 is 41.3 Å². The maximum absolute atomic E-state index is 12.2. The monoisotopic (exact) mass is 311 g/mol. The first-order chi connectivity index (χ1) is 9.62. The number of nitriles is 1. The van der Waals surface area contributed by atoms with Gasteiger partial charge >= 0.3 is 18.9 Å². The molecule has 0 fully saturated rings. The lowest BCUT2D eigenvalue weighted by molar-refractivity contribution is -0.274. The number of benzene rings is 1. The molecule has 0 bridgehead atoms. The second kappa shape index (κ2) is 6.25. The van der Waals surface area contributed by atoms with Crippen molar-refractivity contribution in [3.05, 3.63) is 23.3 Å². The Morgan fingerprint density at radius 1 is 1.33 bits per heavy atom. The molecule has 0 amide bonds. The molecule has 0 radical (unpaired) electrons. The van der Waals surface area contributed by atoms with Gasteiger partial charge in [-0.2, -0.15) is 14.0 Å². The van der Waals surface area contributed by atoms with Crippen molar-refractivity contribution in [2.24, 2.45) is 0 Å². The molecule has 1 aromatic rings. The van der Waals surface area contributed by atoms with Gasteiger partial charge in [0.2, 0.25) is 0 Å². The minimum Gasteiger partial charge on any atom is -0.481 e. The zero-order valence-corrected chi connectivity index (χ0v) is 9.95. The summed E-state index contributed by atoms with van der Waals surface area (Å²) in [5, 5.41) is 17.3. The number of halogens is 5. The molecule has 0 aliphatic carbocycles. The van der Waals surface area contributed by atoms with Gasteiger partial charge in [-0.1, -0.05) is 0 Å². The Labute approximate surface area is 114 Å². The number of rotatable bonds is 5. The van der Waals surface area contributed by atoms with Crippen molar-refractivity contribution in [2.45, 2.75) is 19.4 Å². The van der Waals surface area contributed by atoms with Crippen molar-refractivity contribution in [1.82, 2.24) is 0 Å². The Bertz CT molecular complexity index is 579. The van der Waals surface area contributed by atoms with E-state index < -0.39 is 48.0 Å². The summed E-state index contributed by atoms with van der Waals surface area (Å²) in [4.78, 5) is 10.6. The molecular weight excluding hydrogens is 305 g/mol. The van der Waals surface area contributed by atoms with Gasteiger partial charge in [-0.25, -0.2) is 0 Å². The van der Waals surface area contributed by atoms with Gasteiger partial charge in [0.15, 0.2) is 0 Å². The van der Waals surface area contributed by atoms with Crippen LogP contribution in [0.5, 0.6) is 11.5 Å². The van der Waals surface area contributed by atoms with Crippen molar-refractivity contribution in [2.75, 3.05) is 0 Å². The van der Waals surface area contributed by atoms with E-state index in [1.807, 2.05) is 0 Å². The van der Waals surface area contributed by atoms with Crippen LogP contribution >= 0.6 is 0 Å². The van der Waals surface area contributed by atoms with E-state index in [4.69, 9.17) is 10.4 Å². The van der Waals surface area contributed by atoms with Crippen molar-refractivity contribution in [1.29, 1.82) is 5.26 Å². The zero-order valence-electron chi connectivity index (χ0n) is 9.95. The number of carboxylic acid groups (broad SMARTS) is 1. The van der Waals surface area contributed by atoms with Crippen LogP contribution in [-0.2, 0) is 11.2 Å². The summed E-state index contributed by atoms with van der Waals surface area (Å²) >= 11 is 0. The topological polar surface area (TPSA) is 79.5 Å². The van der Waals surface area contributed by atoms with E-state index in [2.05, 4.69) is 9.47 Å². The van der Waals surface area contributed by atoms with Crippen LogP contribution in [0.15, 0.2) is 12.1 Å². The highest BCUT2D eigenvalue weighted by molar-refractivity contribution is 5.72. The number of hydrogen-bond acceptors (Lipinski definition) is 4. The van der Waals surface area contributed by atoms with Gasteiger partial charge in [-0.05, 0) is 6.07 Å². The Morgan fingerprint density at radius 2 is 1.95 bits per heavy atom. The number of nitrogens with zero attached hydrogens (tertiary/aromatic N) is 1. The molecule has 114 valence electrons. The summed E-state index contributed by atoms with van der Waals surface area (Å²) in [6, 6.07) is 2.40. The van der Waals surface area contributed by atoms with E-state index in [0.29, 0.717) is 12.1 Å². The van der Waals surface area contributed by atoms with E-state index in [-0.39, 0.29) is 0 Å². The normalized spacial score (nSPS) is 11.1. The van der Waals surface area contributed by atoms with Crippen LogP contribution in [0.1, 0.15) is 11.1 Å². The summed E-state index contributed by atoms with van der Waals surface area (Å²) < 4.78 is 68.4. The first-order valence-electron chi connectivity index (χ1n) is 5.11. The highest BCUT2D eigenvalue weighted by Crippen LogP contribution is 2.33. The Hall–Kier alpha value is -2.57. The van der Waals surface area contributed by atoms with Gasteiger partial charge < -0.3 is 14.6 Å². The van der Waals surface area contributed by atoms with Crippen molar-refractivity contribution in [3.8, 4) is 17.6 Å². The minimum absolute atomic E-state index is 0.485. The molecule has 1 rings (SSSR count). The van der Waals surface area contributed by atoms with Crippen molar-refractivity contribution >= 4 is 5.97 Å². The summed E-state index contributed by atoms with van der Waals surface area (Å²) in [5.41, 5.74) is -1.21. The second-order valence-corrected chi connectivity index (χ2v) is 3.56. The fraction of sp³-hybridized carbons (Fsp3) is 0.273. The average molecular weight is 311 g/mol. The predicted molar refractivity (Wildman–Crippen MR) is 55.8 cm³/mol. The first-order valence-corrected chi connectivity index (χ1v) is 5.11. The highest BCUT2D eigenvalue weighted by Gasteiger charge is 2.33. The van der Waals surface area contributed by atoms with E-state index in [0.717, 1.165) is 0 Å². The predicted octanol–water partition coefficient (Wildman–Crippen LogP) is 2.69. The van der Waals surface area contributed by atoms with Crippen LogP contribution in [0.25, 0.3) is 0 Å². The summed E-state index contributed by atoms with van der Waals surface area (Å²) in [7, 11) is 0. The molecule has 0 aliphatic heterocycles. The minimum atomic E-state index is -5.13. The van der Waals surface area contributed by atoms with Gasteiger partial charge in [0.25, 0.3) is 0 Å². The third-order valence-corrected chi connectivity index (χ3v) is 2.07. The molecule has 0 heterocycles. The van der Waals surface area contributed by atoms with Gasteiger partial charge in [0.05, 0.1) is 12.0 Å². The molecule has 0 atom stereocenters. The third kappa shape index (κ3) is 5.13. The van der Waals surface area contributed by atoms with Crippen LogP contribution < -0.4 is 9.47 Å². The van der Waals surface area contributed by atoms with Crippen LogP contribution in [0.2, 0.25) is 0 Å². The molecule has 10 heteroatoms. The molecule has 0 spiro atoms. The van der Waals surface area contributed by atoms with E-state index in [1.165, 1.54) is 6.07 Å². The molecular formula is C11H6F5NO4. The smallest absolute Gasteiger partial charge is 0.481 e. The van der Waals surface area contributed by atoms with Crippen LogP contribution in [0.3, 0.4) is 0 Å². The van der Waals surface area contributed by atoms with Crippen LogP contribution in [-0.4, -0.2) is 24.0 Å². The fourth-order valence-corrected chi connectivity index (χ4v) is 1.41. The lowest BCUT2D eigenvalue weighted by Crippen LogP contribution is -2.18. The number of aliphatic carboxylic acids is 1. The number of carboxylic acids is 1. The molecule has 0 unspecified atom stereocenters. The molecule has 1 N–H and O–H groups in total. The summed E-state index contributed by atoms with van der Waals surface area (Å²) in [5.74, 6) is -3.20. The van der Waals surface area contributed by atoms with Crippen molar-refractivity contribution in [3.63, 3.8) is 0 Å². The standard InChI is InChI=1S/C11H6F5NO4/c12-10(13)20-7-2-6(4-17)8(21-11(14,15)16)1-5(7)3-9(18)19/h1-2,10H,3H2,(H,18,19). The Morgan fingerprint density at radius 3 is 2.38 bits per heavy atom. The largest absolute Gasteiger partial charge is 0.573 e. The number of alkyl halides is 5. The maximum Gasteiger partial charge on any atom is 0.573 e. The third-order valence-electron chi connectivity index (χ3n) is 2.07. The molecule has 21 heavy (non-hydrogen) atoms. The Kier molecular flexibility index (Phi) is 4.91. The number of carbonyl (C=O) groups is 1. The molecule has 1 aromatic carbocycles. The second-order valence-electron chi connectivity index (χ2n) is 3.56. The molecule has 0 saturated heterocycles. The molecule has 5 nitrogen and oxygen atoms in total. The number of hydrogen-bond donors (Lipinski definition) is 1.